The molecule has 170 valence electrons. The third-order valence-electron chi connectivity index (χ3n) is 4.87. The molecule has 0 spiro atoms. The van der Waals surface area contributed by atoms with E-state index in [-0.39, 0.29) is 12.5 Å². The maximum atomic E-state index is 12.2. The number of fused-ring (bicyclic) bond motifs is 1. The van der Waals surface area contributed by atoms with E-state index >= 15 is 0 Å². The quantitative estimate of drug-likeness (QED) is 0.389. The Balaban J connectivity index is 1.41. The Morgan fingerprint density at radius 2 is 1.70 bits per heavy atom. The highest BCUT2D eigenvalue weighted by atomic mass is 16.5. The van der Waals surface area contributed by atoms with Crippen LogP contribution in [-0.4, -0.2) is 60.2 Å². The number of rotatable bonds is 9. The zero-order valence-electron chi connectivity index (χ0n) is 18.4. The summed E-state index contributed by atoms with van der Waals surface area (Å²) < 4.78 is 23.1. The predicted octanol–water partition coefficient (Wildman–Crippen LogP) is 2.63. The third kappa shape index (κ3) is 4.79. The lowest BCUT2D eigenvalue weighted by Crippen LogP contribution is -2.28. The number of nitrogens with one attached hydrogen (secondary N) is 1. The summed E-state index contributed by atoms with van der Waals surface area (Å²) in [5.41, 5.74) is 1.87. The molecule has 0 atom stereocenters. The molecule has 2 heterocycles. The molecule has 33 heavy (non-hydrogen) atoms. The van der Waals surface area contributed by atoms with E-state index < -0.39 is 0 Å². The van der Waals surface area contributed by atoms with Crippen LogP contribution < -0.4 is 24.3 Å². The summed E-state index contributed by atoms with van der Waals surface area (Å²) in [5, 5.41) is 15.7. The van der Waals surface area contributed by atoms with Gasteiger partial charge in [0.2, 0.25) is 5.88 Å². The van der Waals surface area contributed by atoms with Crippen LogP contribution in [0.15, 0.2) is 54.6 Å². The molecule has 1 N–H and O–H groups in total. The Hall–Kier alpha value is -4.34. The minimum atomic E-state index is -0.195. The number of aromatic nitrogens is 4. The summed E-state index contributed by atoms with van der Waals surface area (Å²) in [4.78, 5) is 12.2. The summed E-state index contributed by atoms with van der Waals surface area (Å²) in [6.07, 6.45) is 0. The van der Waals surface area contributed by atoms with Crippen molar-refractivity contribution in [1.82, 2.24) is 25.1 Å². The Labute approximate surface area is 190 Å². The smallest absolute Gasteiger partial charge is 0.251 e. The number of carbonyl (C=O) groups excluding carboxylic acids is 1. The van der Waals surface area contributed by atoms with Gasteiger partial charge in [0.15, 0.2) is 23.0 Å². The van der Waals surface area contributed by atoms with Crippen LogP contribution in [0, 0.1) is 0 Å². The highest BCUT2D eigenvalue weighted by Crippen LogP contribution is 2.31. The number of amides is 1. The van der Waals surface area contributed by atoms with Crippen LogP contribution >= 0.6 is 0 Å². The van der Waals surface area contributed by atoms with Gasteiger partial charge in [0.05, 0.1) is 27.9 Å². The second kappa shape index (κ2) is 9.86. The molecule has 4 rings (SSSR count). The lowest BCUT2D eigenvalue weighted by atomic mass is 10.2. The van der Waals surface area contributed by atoms with Crippen LogP contribution in [0.1, 0.15) is 10.4 Å². The van der Waals surface area contributed by atoms with Crippen molar-refractivity contribution in [2.75, 3.05) is 34.5 Å². The SMILES string of the molecule is COc1ccc(C(=O)NCCOc2ccc3nnc(-c4ccc(OC)c(OC)c4)n3n2)cc1. The van der Waals surface area contributed by atoms with Crippen LogP contribution in [-0.2, 0) is 0 Å². The maximum Gasteiger partial charge on any atom is 0.251 e. The average molecular weight is 449 g/mol. The summed E-state index contributed by atoms with van der Waals surface area (Å²) in [5.74, 6) is 2.60. The zero-order valence-corrected chi connectivity index (χ0v) is 18.4. The number of carbonyl (C=O) groups is 1. The molecule has 0 bridgehead atoms. The van der Waals surface area contributed by atoms with Crippen LogP contribution in [0.2, 0.25) is 0 Å². The molecule has 1 amide bonds. The third-order valence-corrected chi connectivity index (χ3v) is 4.87. The van der Waals surface area contributed by atoms with Crippen molar-refractivity contribution < 1.29 is 23.7 Å². The molecular weight excluding hydrogens is 426 g/mol. The van der Waals surface area contributed by atoms with Gasteiger partial charge in [-0.2, -0.15) is 4.52 Å². The maximum absolute atomic E-state index is 12.2. The molecule has 10 heteroatoms. The van der Waals surface area contributed by atoms with E-state index in [9.17, 15) is 4.79 Å². The average Bonchev–Trinajstić information content (AvgIpc) is 3.29. The molecule has 0 unspecified atom stereocenters. The van der Waals surface area contributed by atoms with Crippen molar-refractivity contribution in [1.29, 1.82) is 0 Å². The van der Waals surface area contributed by atoms with Crippen molar-refractivity contribution in [3.05, 3.63) is 60.2 Å². The van der Waals surface area contributed by atoms with E-state index in [1.807, 2.05) is 6.07 Å². The van der Waals surface area contributed by atoms with Gasteiger partial charge in [-0.05, 0) is 48.5 Å². The van der Waals surface area contributed by atoms with Gasteiger partial charge in [0.1, 0.15) is 12.4 Å². The molecule has 0 radical (unpaired) electrons. The number of hydrogen-bond donors (Lipinski definition) is 1. The molecule has 4 aromatic rings. The molecule has 2 aromatic heterocycles. The van der Waals surface area contributed by atoms with Gasteiger partial charge in [-0.25, -0.2) is 0 Å². The Morgan fingerprint density at radius 3 is 2.42 bits per heavy atom. The number of nitrogens with zero attached hydrogens (tertiary/aromatic N) is 4. The lowest BCUT2D eigenvalue weighted by molar-refractivity contribution is 0.0946. The summed E-state index contributed by atoms with van der Waals surface area (Å²) in [7, 11) is 4.73. The molecule has 0 aliphatic rings. The molecule has 2 aromatic carbocycles. The second-order valence-electron chi connectivity index (χ2n) is 6.87. The lowest BCUT2D eigenvalue weighted by Gasteiger charge is -2.09. The molecule has 0 aliphatic heterocycles. The van der Waals surface area contributed by atoms with Gasteiger partial charge >= 0.3 is 0 Å². The van der Waals surface area contributed by atoms with Gasteiger partial charge < -0.3 is 24.3 Å². The van der Waals surface area contributed by atoms with E-state index in [0.717, 1.165) is 5.56 Å². The van der Waals surface area contributed by atoms with Gasteiger partial charge in [0.25, 0.3) is 5.91 Å². The predicted molar refractivity (Wildman–Crippen MR) is 120 cm³/mol. The molecule has 0 saturated carbocycles. The normalized spacial score (nSPS) is 10.6. The standard InChI is InChI=1S/C23H23N5O5/c1-30-17-7-4-15(5-8-17)23(29)24-12-13-33-21-11-10-20-25-26-22(28(20)27-21)16-6-9-18(31-2)19(14-16)32-3/h4-11,14H,12-13H2,1-3H3,(H,24,29). The van der Waals surface area contributed by atoms with E-state index in [0.29, 0.717) is 46.7 Å². The summed E-state index contributed by atoms with van der Waals surface area (Å²) in [6.45, 7) is 0.559. The van der Waals surface area contributed by atoms with Gasteiger partial charge in [-0.1, -0.05) is 0 Å². The van der Waals surface area contributed by atoms with Crippen LogP contribution in [0.5, 0.6) is 23.1 Å². The molecular formula is C23H23N5O5. The minimum Gasteiger partial charge on any atom is -0.497 e. The van der Waals surface area contributed by atoms with Crippen molar-refractivity contribution in [3.8, 4) is 34.5 Å². The molecule has 0 saturated heterocycles. The first-order chi connectivity index (χ1) is 16.1. The summed E-state index contributed by atoms with van der Waals surface area (Å²) in [6, 6.07) is 15.8. The van der Waals surface area contributed by atoms with Crippen molar-refractivity contribution in [2.24, 2.45) is 0 Å². The van der Waals surface area contributed by atoms with Crippen LogP contribution in [0.3, 0.4) is 0 Å². The fourth-order valence-electron chi connectivity index (χ4n) is 3.17. The van der Waals surface area contributed by atoms with Crippen molar-refractivity contribution >= 4 is 11.6 Å². The Bertz CT molecular complexity index is 1260. The fraction of sp³-hybridized carbons (Fsp3) is 0.217. The van der Waals surface area contributed by atoms with E-state index in [1.54, 1.807) is 74.4 Å². The largest absolute Gasteiger partial charge is 0.497 e. The highest BCUT2D eigenvalue weighted by molar-refractivity contribution is 5.94. The van der Waals surface area contributed by atoms with Gasteiger partial charge in [-0.3, -0.25) is 4.79 Å². The fourth-order valence-corrected chi connectivity index (χ4v) is 3.17. The van der Waals surface area contributed by atoms with Crippen molar-refractivity contribution in [3.63, 3.8) is 0 Å². The van der Waals surface area contributed by atoms with Gasteiger partial charge in [0, 0.05) is 17.2 Å². The van der Waals surface area contributed by atoms with Crippen molar-refractivity contribution in [2.45, 2.75) is 0 Å². The Kier molecular flexibility index (Phi) is 6.53. The second-order valence-corrected chi connectivity index (χ2v) is 6.87. The topological polar surface area (TPSA) is 109 Å². The van der Waals surface area contributed by atoms with E-state index in [4.69, 9.17) is 18.9 Å². The minimum absolute atomic E-state index is 0.195. The Morgan fingerprint density at radius 1 is 0.909 bits per heavy atom. The number of benzene rings is 2. The zero-order chi connectivity index (χ0) is 23.2. The monoisotopic (exact) mass is 449 g/mol. The van der Waals surface area contributed by atoms with Gasteiger partial charge in [-0.15, -0.1) is 15.3 Å². The number of hydrogen-bond acceptors (Lipinski definition) is 8. The number of methoxy groups -OCH3 is 3. The highest BCUT2D eigenvalue weighted by Gasteiger charge is 2.14. The first-order valence-electron chi connectivity index (χ1n) is 10.1. The molecule has 0 aliphatic carbocycles. The number of ether oxygens (including phenoxy) is 4. The summed E-state index contributed by atoms with van der Waals surface area (Å²) >= 11 is 0. The first kappa shape index (κ1) is 21.9. The van der Waals surface area contributed by atoms with E-state index in [2.05, 4.69) is 20.6 Å². The van der Waals surface area contributed by atoms with Crippen LogP contribution in [0.25, 0.3) is 17.0 Å². The molecule has 0 fully saturated rings. The van der Waals surface area contributed by atoms with Crippen LogP contribution in [0.4, 0.5) is 0 Å². The van der Waals surface area contributed by atoms with E-state index in [1.165, 1.54) is 0 Å². The first-order valence-corrected chi connectivity index (χ1v) is 10.1. The molecule has 10 nitrogen and oxygen atoms in total.